The fourth-order valence-corrected chi connectivity index (χ4v) is 4.76. The Morgan fingerprint density at radius 1 is 1.21 bits per heavy atom. The third kappa shape index (κ3) is 3.61. The van der Waals surface area contributed by atoms with Crippen molar-refractivity contribution >= 4 is 6.09 Å². The summed E-state index contributed by atoms with van der Waals surface area (Å²) in [4.78, 5) is 18.5. The van der Waals surface area contributed by atoms with Crippen LogP contribution in [0.5, 0.6) is 0 Å². The van der Waals surface area contributed by atoms with Crippen LogP contribution in [0.2, 0.25) is 0 Å². The average Bonchev–Trinajstić information content (AvgIpc) is 2.66. The van der Waals surface area contributed by atoms with Crippen molar-refractivity contribution in [2.24, 2.45) is 0 Å². The van der Waals surface area contributed by atoms with Crippen LogP contribution >= 0.6 is 0 Å². The maximum absolute atomic E-state index is 13.4. The molecule has 3 heterocycles. The van der Waals surface area contributed by atoms with Gasteiger partial charge in [-0.15, -0.1) is 0 Å². The van der Waals surface area contributed by atoms with E-state index in [2.05, 4.69) is 4.98 Å². The number of aryl methyl sites for hydroxylation is 1. The molecule has 1 aromatic carbocycles. The Morgan fingerprint density at radius 2 is 1.89 bits per heavy atom. The number of pyridine rings is 1. The van der Waals surface area contributed by atoms with Crippen LogP contribution in [-0.4, -0.2) is 33.2 Å². The highest BCUT2D eigenvalue weighted by Gasteiger charge is 2.49. The lowest BCUT2D eigenvalue weighted by atomic mass is 9.72. The molecular formula is C22H25FN2O3. The summed E-state index contributed by atoms with van der Waals surface area (Å²) in [6.45, 7) is 1.95. The molecule has 6 heteroatoms. The summed E-state index contributed by atoms with van der Waals surface area (Å²) in [6, 6.07) is 12.3. The molecule has 0 aliphatic carbocycles. The van der Waals surface area contributed by atoms with E-state index in [4.69, 9.17) is 4.74 Å². The quantitative estimate of drug-likeness (QED) is 0.811. The molecule has 0 spiro atoms. The average molecular weight is 384 g/mol. The van der Waals surface area contributed by atoms with E-state index in [9.17, 15) is 14.3 Å². The second kappa shape index (κ2) is 7.51. The summed E-state index contributed by atoms with van der Waals surface area (Å²) in [5.41, 5.74) is 1.00. The Bertz CT molecular complexity index is 844. The summed E-state index contributed by atoms with van der Waals surface area (Å²) in [5, 5.41) is 11.4. The van der Waals surface area contributed by atoms with Gasteiger partial charge in [-0.05, 0) is 43.9 Å². The Morgan fingerprint density at radius 3 is 2.54 bits per heavy atom. The predicted molar refractivity (Wildman–Crippen MR) is 102 cm³/mol. The van der Waals surface area contributed by atoms with E-state index in [0.29, 0.717) is 24.1 Å². The number of fused-ring (bicyclic) bond motifs is 2. The molecule has 2 unspecified atom stereocenters. The van der Waals surface area contributed by atoms with Gasteiger partial charge >= 0.3 is 6.09 Å². The third-order valence-corrected chi connectivity index (χ3v) is 5.98. The zero-order valence-electron chi connectivity index (χ0n) is 16.0. The smallest absolute Gasteiger partial charge is 0.410 e. The molecule has 1 N–H and O–H groups in total. The number of ether oxygens (including phenoxy) is 1. The number of hydrogen-bond acceptors (Lipinski definition) is 4. The van der Waals surface area contributed by atoms with E-state index in [1.165, 1.54) is 6.07 Å². The molecule has 2 aliphatic rings. The summed E-state index contributed by atoms with van der Waals surface area (Å²) in [6.07, 6.45) is 3.18. The van der Waals surface area contributed by atoms with Gasteiger partial charge in [0.25, 0.3) is 0 Å². The largest absolute Gasteiger partial charge is 0.445 e. The third-order valence-electron chi connectivity index (χ3n) is 5.98. The van der Waals surface area contributed by atoms with Crippen LogP contribution < -0.4 is 0 Å². The van der Waals surface area contributed by atoms with E-state index < -0.39 is 11.5 Å². The van der Waals surface area contributed by atoms with Crippen LogP contribution in [0.1, 0.15) is 48.9 Å². The fraction of sp³-hybridized carbons (Fsp3) is 0.455. The van der Waals surface area contributed by atoms with Gasteiger partial charge in [0.1, 0.15) is 6.61 Å². The van der Waals surface area contributed by atoms with Crippen molar-refractivity contribution in [3.05, 3.63) is 65.2 Å². The zero-order chi connectivity index (χ0) is 19.7. The van der Waals surface area contributed by atoms with Crippen molar-refractivity contribution in [1.29, 1.82) is 0 Å². The van der Waals surface area contributed by atoms with Crippen LogP contribution in [-0.2, 0) is 16.9 Å². The van der Waals surface area contributed by atoms with E-state index in [0.717, 1.165) is 24.8 Å². The number of amides is 1. The van der Waals surface area contributed by atoms with Crippen LogP contribution in [0.4, 0.5) is 9.18 Å². The van der Waals surface area contributed by atoms with Gasteiger partial charge in [-0.25, -0.2) is 9.78 Å². The zero-order valence-corrected chi connectivity index (χ0v) is 16.0. The molecular weight excluding hydrogens is 359 g/mol. The maximum atomic E-state index is 13.4. The SMILES string of the molecule is Cc1nc(F)ccc1C1(O)CC2CCCC(C1)N2C(=O)OCc1ccccc1. The molecule has 1 amide bonds. The number of benzene rings is 1. The molecule has 4 rings (SSSR count). The lowest BCUT2D eigenvalue weighted by Gasteiger charge is -2.51. The summed E-state index contributed by atoms with van der Waals surface area (Å²) < 4.78 is 19.0. The number of halogens is 1. The van der Waals surface area contributed by atoms with Crippen LogP contribution in [0.25, 0.3) is 0 Å². The first kappa shape index (κ1) is 18.9. The highest BCUT2D eigenvalue weighted by Crippen LogP contribution is 2.45. The number of aliphatic hydroxyl groups is 1. The van der Waals surface area contributed by atoms with Gasteiger partial charge in [0, 0.05) is 36.2 Å². The Labute approximate surface area is 164 Å². The Balaban J connectivity index is 1.51. The van der Waals surface area contributed by atoms with Crippen molar-refractivity contribution in [3.8, 4) is 0 Å². The van der Waals surface area contributed by atoms with E-state index in [1.807, 2.05) is 35.2 Å². The lowest BCUT2D eigenvalue weighted by Crippen LogP contribution is -2.59. The molecule has 5 nitrogen and oxygen atoms in total. The summed E-state index contributed by atoms with van der Waals surface area (Å²) >= 11 is 0. The van der Waals surface area contributed by atoms with Crippen molar-refractivity contribution in [3.63, 3.8) is 0 Å². The topological polar surface area (TPSA) is 62.7 Å². The monoisotopic (exact) mass is 384 g/mol. The van der Waals surface area contributed by atoms with Crippen LogP contribution in [0.15, 0.2) is 42.5 Å². The molecule has 1 aromatic heterocycles. The van der Waals surface area contributed by atoms with Gasteiger partial charge in [-0.3, -0.25) is 0 Å². The molecule has 148 valence electrons. The number of piperidine rings is 2. The number of hydrogen-bond donors (Lipinski definition) is 1. The predicted octanol–water partition coefficient (Wildman–Crippen LogP) is 4.07. The van der Waals surface area contributed by atoms with E-state index in [-0.39, 0.29) is 24.8 Å². The Hall–Kier alpha value is -2.47. The molecule has 2 atom stereocenters. The van der Waals surface area contributed by atoms with Gasteiger partial charge in [-0.2, -0.15) is 4.39 Å². The maximum Gasteiger partial charge on any atom is 0.410 e. The fourth-order valence-electron chi connectivity index (χ4n) is 4.76. The summed E-state index contributed by atoms with van der Waals surface area (Å²) in [5.74, 6) is -0.549. The van der Waals surface area contributed by atoms with Gasteiger partial charge in [-0.1, -0.05) is 30.3 Å². The van der Waals surface area contributed by atoms with Crippen molar-refractivity contribution < 1.29 is 19.0 Å². The van der Waals surface area contributed by atoms with E-state index >= 15 is 0 Å². The number of rotatable bonds is 3. The number of aromatic nitrogens is 1. The minimum absolute atomic E-state index is 0.0924. The first-order valence-electron chi connectivity index (χ1n) is 9.81. The van der Waals surface area contributed by atoms with Crippen molar-refractivity contribution in [1.82, 2.24) is 9.88 Å². The first-order valence-corrected chi connectivity index (χ1v) is 9.81. The second-order valence-electron chi connectivity index (χ2n) is 7.89. The molecule has 0 saturated carbocycles. The van der Waals surface area contributed by atoms with Crippen LogP contribution in [0.3, 0.4) is 0 Å². The normalized spacial score (nSPS) is 26.8. The highest BCUT2D eigenvalue weighted by molar-refractivity contribution is 5.69. The Kier molecular flexibility index (Phi) is 5.06. The van der Waals surface area contributed by atoms with Gasteiger partial charge in [0.2, 0.25) is 5.95 Å². The molecule has 0 radical (unpaired) electrons. The standard InChI is InChI=1S/C22H25FN2O3/c1-15-19(10-11-20(23)24-15)22(27)12-17-8-5-9-18(13-22)25(17)21(26)28-14-16-6-3-2-4-7-16/h2-4,6-7,10-11,17-18,27H,5,8-9,12-14H2,1H3. The number of carbonyl (C=O) groups excluding carboxylic acids is 1. The minimum Gasteiger partial charge on any atom is -0.445 e. The van der Waals surface area contributed by atoms with Gasteiger partial charge in [0.15, 0.2) is 0 Å². The minimum atomic E-state index is -1.10. The molecule has 2 aliphatic heterocycles. The van der Waals surface area contributed by atoms with Crippen molar-refractivity contribution in [2.75, 3.05) is 0 Å². The second-order valence-corrected chi connectivity index (χ2v) is 7.89. The van der Waals surface area contributed by atoms with Gasteiger partial charge < -0.3 is 14.7 Å². The first-order chi connectivity index (χ1) is 13.5. The molecule has 2 fully saturated rings. The van der Waals surface area contributed by atoms with Crippen LogP contribution in [0, 0.1) is 12.9 Å². The highest BCUT2D eigenvalue weighted by atomic mass is 19.1. The molecule has 28 heavy (non-hydrogen) atoms. The molecule has 2 bridgehead atoms. The number of nitrogens with zero attached hydrogens (tertiary/aromatic N) is 2. The van der Waals surface area contributed by atoms with Crippen molar-refractivity contribution in [2.45, 2.75) is 63.3 Å². The lowest BCUT2D eigenvalue weighted by molar-refractivity contribution is -0.0901. The summed E-state index contributed by atoms with van der Waals surface area (Å²) in [7, 11) is 0. The molecule has 2 aromatic rings. The molecule has 2 saturated heterocycles. The van der Waals surface area contributed by atoms with Gasteiger partial charge in [0.05, 0.1) is 5.60 Å². The van der Waals surface area contributed by atoms with E-state index in [1.54, 1.807) is 13.0 Å². The number of carbonyl (C=O) groups is 1.